The molecule has 6 nitrogen and oxygen atoms in total. The molecule has 0 saturated heterocycles. The van der Waals surface area contributed by atoms with Gasteiger partial charge in [0.2, 0.25) is 5.96 Å². The van der Waals surface area contributed by atoms with Crippen LogP contribution >= 0.6 is 0 Å². The molecule has 0 aromatic carbocycles. The average Bonchev–Trinajstić information content (AvgIpc) is 2.69. The summed E-state index contributed by atoms with van der Waals surface area (Å²) in [6.45, 7) is 18.6. The van der Waals surface area contributed by atoms with Gasteiger partial charge in [-0.3, -0.25) is 4.99 Å². The molecule has 0 bridgehead atoms. The minimum absolute atomic E-state index is 0.0433. The molecule has 0 fully saturated rings. The highest BCUT2D eigenvalue weighted by atomic mass is 15.1. The number of nitrogens with two attached hydrogens (primary N) is 4. The van der Waals surface area contributed by atoms with Crippen LogP contribution in [0.25, 0.3) is 0 Å². The van der Waals surface area contributed by atoms with Crippen molar-refractivity contribution in [3.8, 4) is 0 Å². The normalized spacial score (nSPS) is 10.3. The predicted molar refractivity (Wildman–Crippen MR) is 140 cm³/mol. The van der Waals surface area contributed by atoms with E-state index in [1.54, 1.807) is 0 Å². The van der Waals surface area contributed by atoms with Crippen molar-refractivity contribution in [2.75, 3.05) is 13.1 Å². The fraction of sp³-hybridized carbons (Fsp3) is 0.917. The highest BCUT2D eigenvalue weighted by molar-refractivity contribution is 5.92. The van der Waals surface area contributed by atoms with Crippen LogP contribution < -0.4 is 22.9 Å². The van der Waals surface area contributed by atoms with Crippen molar-refractivity contribution in [1.29, 1.82) is 0 Å². The first-order valence-corrected chi connectivity index (χ1v) is 12.4. The van der Waals surface area contributed by atoms with E-state index in [2.05, 4.69) is 37.7 Å². The third-order valence-corrected chi connectivity index (χ3v) is 3.94. The lowest BCUT2D eigenvalue weighted by Gasteiger charge is -2.03. The monoisotopic (exact) mass is 430 g/mol. The first kappa shape index (κ1) is 36.1. The van der Waals surface area contributed by atoms with Crippen LogP contribution in [0.3, 0.4) is 0 Å². The van der Waals surface area contributed by atoms with Gasteiger partial charge in [0, 0.05) is 6.54 Å². The van der Waals surface area contributed by atoms with E-state index in [9.17, 15) is 0 Å². The van der Waals surface area contributed by atoms with E-state index in [1.807, 2.05) is 27.7 Å². The molecular weight excluding hydrogens is 372 g/mol. The maximum atomic E-state index is 5.46. The Hall–Kier alpha value is -1.30. The molecule has 0 aliphatic rings. The Morgan fingerprint density at radius 1 is 0.633 bits per heavy atom. The zero-order chi connectivity index (χ0) is 24.2. The number of rotatable bonds is 13. The zero-order valence-electron chi connectivity index (χ0n) is 21.8. The molecule has 0 spiro atoms. The van der Waals surface area contributed by atoms with Gasteiger partial charge in [0.15, 0.2) is 5.96 Å². The maximum Gasteiger partial charge on any atom is 0.218 e. The van der Waals surface area contributed by atoms with E-state index >= 15 is 0 Å². The van der Waals surface area contributed by atoms with Crippen LogP contribution in [0.4, 0.5) is 0 Å². The van der Waals surface area contributed by atoms with Crippen molar-refractivity contribution >= 4 is 11.9 Å². The molecule has 0 rings (SSSR count). The van der Waals surface area contributed by atoms with Crippen molar-refractivity contribution in [2.24, 2.45) is 44.8 Å². The van der Waals surface area contributed by atoms with E-state index in [0.29, 0.717) is 6.54 Å². The third kappa shape index (κ3) is 45.4. The van der Waals surface area contributed by atoms with Crippen molar-refractivity contribution in [3.05, 3.63) is 0 Å². The summed E-state index contributed by atoms with van der Waals surface area (Å²) in [7, 11) is 0. The van der Waals surface area contributed by atoms with Gasteiger partial charge in [-0.15, -0.1) is 0 Å². The fourth-order valence-electron chi connectivity index (χ4n) is 2.43. The van der Waals surface area contributed by atoms with Crippen LogP contribution in [-0.4, -0.2) is 25.0 Å². The summed E-state index contributed by atoms with van der Waals surface area (Å²) in [5, 5.41) is 0. The molecule has 0 aromatic rings. The largest absolute Gasteiger partial charge is 0.370 e. The lowest BCUT2D eigenvalue weighted by Crippen LogP contribution is -2.26. The molecule has 0 radical (unpaired) electrons. The minimum atomic E-state index is -0.0433. The maximum absolute atomic E-state index is 5.46. The van der Waals surface area contributed by atoms with Gasteiger partial charge < -0.3 is 22.9 Å². The predicted octanol–water partition coefficient (Wildman–Crippen LogP) is 5.79. The van der Waals surface area contributed by atoms with Crippen LogP contribution in [0.2, 0.25) is 0 Å². The number of unbranched alkanes of at least 4 members (excludes halogenated alkanes) is 6. The highest BCUT2D eigenvalue weighted by Crippen LogP contribution is 2.09. The quantitative estimate of drug-likeness (QED) is 0.167. The molecule has 0 atom stereocenters. The fourth-order valence-corrected chi connectivity index (χ4v) is 2.43. The molecule has 0 unspecified atom stereocenters. The molecule has 0 aliphatic carbocycles. The van der Waals surface area contributed by atoms with Gasteiger partial charge in [0.1, 0.15) is 0 Å². The molecule has 30 heavy (non-hydrogen) atoms. The van der Waals surface area contributed by atoms with Gasteiger partial charge in [0.05, 0.1) is 0 Å². The summed E-state index contributed by atoms with van der Waals surface area (Å²) in [6.07, 6.45) is 12.8. The van der Waals surface area contributed by atoms with Crippen molar-refractivity contribution in [2.45, 2.75) is 120 Å². The van der Waals surface area contributed by atoms with Gasteiger partial charge >= 0.3 is 0 Å². The van der Waals surface area contributed by atoms with E-state index < -0.39 is 0 Å². The molecule has 0 amide bonds. The van der Waals surface area contributed by atoms with Crippen LogP contribution in [0.5, 0.6) is 0 Å². The van der Waals surface area contributed by atoms with Gasteiger partial charge in [-0.25, -0.2) is 0 Å². The lowest BCUT2D eigenvalue weighted by molar-refractivity contribution is 0.521. The topological polar surface area (TPSA) is 129 Å². The smallest absolute Gasteiger partial charge is 0.218 e. The second-order valence-corrected chi connectivity index (χ2v) is 7.76. The van der Waals surface area contributed by atoms with Gasteiger partial charge in [-0.05, 0) is 31.2 Å². The number of nitrogens with zero attached hydrogens (tertiary/aromatic N) is 2. The second-order valence-electron chi connectivity index (χ2n) is 7.76. The molecule has 0 aliphatic heterocycles. The molecular formula is C24H58N6. The molecule has 6 heteroatoms. The summed E-state index contributed by atoms with van der Waals surface area (Å²) >= 11 is 0. The zero-order valence-corrected chi connectivity index (χ0v) is 21.8. The first-order valence-electron chi connectivity index (χ1n) is 12.4. The van der Waals surface area contributed by atoms with Crippen LogP contribution in [0, 0.1) is 11.8 Å². The summed E-state index contributed by atoms with van der Waals surface area (Å²) in [4.78, 5) is 7.68. The number of hydrogen-bond donors (Lipinski definition) is 4. The van der Waals surface area contributed by atoms with Crippen molar-refractivity contribution in [3.63, 3.8) is 0 Å². The summed E-state index contributed by atoms with van der Waals surface area (Å²) < 4.78 is 0. The molecule has 184 valence electrons. The Labute approximate surface area is 189 Å². The highest BCUT2D eigenvalue weighted by Gasteiger charge is 1.95. The number of guanidine groups is 2. The van der Waals surface area contributed by atoms with Crippen molar-refractivity contribution < 1.29 is 0 Å². The number of hydrogen-bond acceptors (Lipinski definition) is 2. The van der Waals surface area contributed by atoms with Gasteiger partial charge in [-0.1, -0.05) is 107 Å². The Kier molecular flexibility index (Phi) is 38.9. The Morgan fingerprint density at radius 2 is 1.03 bits per heavy atom. The van der Waals surface area contributed by atoms with E-state index in [-0.39, 0.29) is 11.9 Å². The third-order valence-electron chi connectivity index (χ3n) is 3.94. The van der Waals surface area contributed by atoms with E-state index in [0.717, 1.165) is 24.8 Å². The Bertz CT molecular complexity index is 348. The summed E-state index contributed by atoms with van der Waals surface area (Å²) in [5.74, 6) is 1.80. The molecule has 0 saturated carbocycles. The van der Waals surface area contributed by atoms with E-state index in [1.165, 1.54) is 57.8 Å². The molecule has 0 heterocycles. The van der Waals surface area contributed by atoms with Crippen LogP contribution in [0.1, 0.15) is 120 Å². The number of aliphatic imine (C=N–C) groups is 2. The summed E-state index contributed by atoms with van der Waals surface area (Å²) in [6, 6.07) is 0. The van der Waals surface area contributed by atoms with Crippen LogP contribution in [-0.2, 0) is 0 Å². The standard InChI is InChI=1S/C11H25N5.C9H21N.2C2H6/c1-9(2)7-5-3-4-6-8-15-11(14)16-10(12)13;1-9(2)7-5-3-4-6-8-10;2*1-2/h9H,3-8H2,1-2H3,(H6,12,13,14,15,16);9H,3-8,10H2,1-2H3;2*1-2H3. The summed E-state index contributed by atoms with van der Waals surface area (Å²) in [5.41, 5.74) is 21.1. The van der Waals surface area contributed by atoms with Crippen molar-refractivity contribution in [1.82, 2.24) is 0 Å². The first-order chi connectivity index (χ1) is 14.3. The minimum Gasteiger partial charge on any atom is -0.370 e. The average molecular weight is 431 g/mol. The van der Waals surface area contributed by atoms with Gasteiger partial charge in [0.25, 0.3) is 0 Å². The molecule has 8 N–H and O–H groups in total. The van der Waals surface area contributed by atoms with E-state index in [4.69, 9.17) is 22.9 Å². The van der Waals surface area contributed by atoms with Crippen LogP contribution in [0.15, 0.2) is 9.98 Å². The second kappa shape index (κ2) is 32.4. The Balaban J connectivity index is -0.000000207. The molecule has 0 aromatic heterocycles. The SMILES string of the molecule is CC.CC.CC(C)CCCCCCN.CC(C)CCCCCCN=C(N)N=C(N)N. The lowest BCUT2D eigenvalue weighted by atomic mass is 10.0. The van der Waals surface area contributed by atoms with Gasteiger partial charge in [-0.2, -0.15) is 4.99 Å². The Morgan fingerprint density at radius 3 is 1.40 bits per heavy atom.